The maximum atomic E-state index is 12.7. The van der Waals surface area contributed by atoms with Gasteiger partial charge in [0.2, 0.25) is 0 Å². The maximum absolute atomic E-state index is 12.7. The minimum absolute atomic E-state index is 0. The predicted molar refractivity (Wildman–Crippen MR) is 68.3 cm³/mol. The van der Waals surface area contributed by atoms with Crippen LogP contribution in [0.15, 0.2) is 30.3 Å². The highest BCUT2D eigenvalue weighted by molar-refractivity contribution is 5.85. The maximum Gasteiger partial charge on any atom is 0.107 e. The van der Waals surface area contributed by atoms with Crippen molar-refractivity contribution < 1.29 is 4.39 Å². The number of hydrogen-bond acceptors (Lipinski definition) is 1. The van der Waals surface area contributed by atoms with Crippen LogP contribution >= 0.6 is 12.4 Å². The molecule has 0 saturated heterocycles. The molecule has 0 aromatic heterocycles. The van der Waals surface area contributed by atoms with E-state index in [0.717, 1.165) is 11.1 Å². The summed E-state index contributed by atoms with van der Waals surface area (Å²) in [5.41, 5.74) is 8.07. The lowest BCUT2D eigenvalue weighted by molar-refractivity contribution is 0.463. The van der Waals surface area contributed by atoms with Crippen LogP contribution in [0.5, 0.6) is 0 Å². The van der Waals surface area contributed by atoms with Crippen LogP contribution in [0.4, 0.5) is 4.39 Å². The second-order valence-electron chi connectivity index (χ2n) is 4.19. The molecule has 0 radical (unpaired) electrons. The molecule has 2 rings (SSSR count). The fourth-order valence-corrected chi connectivity index (χ4v) is 1.69. The highest BCUT2D eigenvalue weighted by Gasteiger charge is 2.34. The summed E-state index contributed by atoms with van der Waals surface area (Å²) in [5.74, 6) is 0.131. The van der Waals surface area contributed by atoms with Crippen LogP contribution in [0, 0.1) is 5.92 Å². The Hall–Kier alpha value is -0.860. The first-order valence-corrected chi connectivity index (χ1v) is 5.35. The lowest BCUT2D eigenvalue weighted by Crippen LogP contribution is -2.06. The zero-order chi connectivity index (χ0) is 10.8. The SMILES string of the molecule is C[C@H](N)c1ccccc1/C=C/[C@@H]1C[C@@H]1F.Cl. The van der Waals surface area contributed by atoms with Gasteiger partial charge in [-0.15, -0.1) is 12.4 Å². The van der Waals surface area contributed by atoms with Gasteiger partial charge in [0.15, 0.2) is 0 Å². The van der Waals surface area contributed by atoms with E-state index in [2.05, 4.69) is 0 Å². The summed E-state index contributed by atoms with van der Waals surface area (Å²) in [4.78, 5) is 0. The van der Waals surface area contributed by atoms with Gasteiger partial charge in [-0.2, -0.15) is 0 Å². The first-order valence-electron chi connectivity index (χ1n) is 5.35. The average Bonchev–Trinajstić information content (AvgIpc) is 2.92. The van der Waals surface area contributed by atoms with Crippen LogP contribution < -0.4 is 5.73 Å². The van der Waals surface area contributed by atoms with Crippen molar-refractivity contribution in [3.63, 3.8) is 0 Å². The molecule has 3 atom stereocenters. The van der Waals surface area contributed by atoms with Crippen LogP contribution in [0.3, 0.4) is 0 Å². The van der Waals surface area contributed by atoms with Crippen LogP contribution in [0.2, 0.25) is 0 Å². The van der Waals surface area contributed by atoms with Crippen molar-refractivity contribution >= 4 is 18.5 Å². The van der Waals surface area contributed by atoms with Crippen molar-refractivity contribution in [1.29, 1.82) is 0 Å². The third-order valence-corrected chi connectivity index (χ3v) is 2.77. The van der Waals surface area contributed by atoms with Gasteiger partial charge in [0.25, 0.3) is 0 Å². The Kier molecular flexibility index (Phi) is 4.51. The molecular formula is C13H17ClFN. The summed E-state index contributed by atoms with van der Waals surface area (Å²) in [6.07, 6.45) is 4.00. The monoisotopic (exact) mass is 241 g/mol. The fourth-order valence-electron chi connectivity index (χ4n) is 1.69. The van der Waals surface area contributed by atoms with Gasteiger partial charge >= 0.3 is 0 Å². The number of benzene rings is 1. The first-order chi connectivity index (χ1) is 7.18. The Morgan fingerprint density at radius 1 is 1.44 bits per heavy atom. The number of nitrogens with two attached hydrogens (primary N) is 1. The van der Waals surface area contributed by atoms with Crippen molar-refractivity contribution in [2.75, 3.05) is 0 Å². The molecule has 88 valence electrons. The largest absolute Gasteiger partial charge is 0.324 e. The van der Waals surface area contributed by atoms with E-state index in [9.17, 15) is 4.39 Å². The van der Waals surface area contributed by atoms with Crippen LogP contribution in [0.25, 0.3) is 6.08 Å². The summed E-state index contributed by atoms with van der Waals surface area (Å²) < 4.78 is 12.7. The van der Waals surface area contributed by atoms with Gasteiger partial charge < -0.3 is 5.73 Å². The molecule has 1 aliphatic carbocycles. The highest BCUT2D eigenvalue weighted by Crippen LogP contribution is 2.35. The lowest BCUT2D eigenvalue weighted by atomic mass is 10.0. The summed E-state index contributed by atoms with van der Waals surface area (Å²) >= 11 is 0. The van der Waals surface area contributed by atoms with Crippen molar-refractivity contribution in [2.45, 2.75) is 25.6 Å². The zero-order valence-corrected chi connectivity index (χ0v) is 10.1. The highest BCUT2D eigenvalue weighted by atomic mass is 35.5. The van der Waals surface area contributed by atoms with Crippen molar-refractivity contribution in [3.8, 4) is 0 Å². The molecule has 3 heteroatoms. The van der Waals surface area contributed by atoms with E-state index in [0.29, 0.717) is 6.42 Å². The Morgan fingerprint density at radius 3 is 2.62 bits per heavy atom. The molecule has 1 aromatic carbocycles. The Balaban J connectivity index is 0.00000128. The van der Waals surface area contributed by atoms with Gasteiger partial charge in [0.05, 0.1) is 0 Å². The molecule has 1 saturated carbocycles. The van der Waals surface area contributed by atoms with Gasteiger partial charge in [0.1, 0.15) is 6.17 Å². The van der Waals surface area contributed by atoms with E-state index in [1.165, 1.54) is 0 Å². The number of allylic oxidation sites excluding steroid dienone is 1. The topological polar surface area (TPSA) is 26.0 Å². The number of rotatable bonds is 3. The Labute approximate surface area is 102 Å². The fraction of sp³-hybridized carbons (Fsp3) is 0.385. The lowest BCUT2D eigenvalue weighted by Gasteiger charge is -2.08. The van der Waals surface area contributed by atoms with E-state index in [1.54, 1.807) is 0 Å². The van der Waals surface area contributed by atoms with Crippen molar-refractivity contribution in [3.05, 3.63) is 41.5 Å². The summed E-state index contributed by atoms with van der Waals surface area (Å²) in [6.45, 7) is 1.96. The minimum atomic E-state index is -0.622. The second kappa shape index (κ2) is 5.46. The normalized spacial score (nSPS) is 25.2. The molecule has 2 N–H and O–H groups in total. The molecule has 1 nitrogen and oxygen atoms in total. The van der Waals surface area contributed by atoms with Gasteiger partial charge in [-0.3, -0.25) is 0 Å². The standard InChI is InChI=1S/C13H16FN.ClH/c1-9(15)12-5-3-2-4-10(12)6-7-11-8-13(11)14;/h2-7,9,11,13H,8,15H2,1H3;1H/b7-6+;/t9-,11+,13-;/m0./s1. The second-order valence-corrected chi connectivity index (χ2v) is 4.19. The van der Waals surface area contributed by atoms with Gasteiger partial charge in [-0.25, -0.2) is 4.39 Å². The zero-order valence-electron chi connectivity index (χ0n) is 9.27. The average molecular weight is 242 g/mol. The molecule has 0 amide bonds. The molecule has 1 fully saturated rings. The molecule has 1 aromatic rings. The van der Waals surface area contributed by atoms with E-state index in [4.69, 9.17) is 5.73 Å². The quantitative estimate of drug-likeness (QED) is 0.861. The van der Waals surface area contributed by atoms with Crippen LogP contribution in [0.1, 0.15) is 30.5 Å². The number of alkyl halides is 1. The molecule has 0 aliphatic heterocycles. The van der Waals surface area contributed by atoms with E-state index >= 15 is 0 Å². The first kappa shape index (κ1) is 13.2. The van der Waals surface area contributed by atoms with Crippen molar-refractivity contribution in [1.82, 2.24) is 0 Å². The Bertz CT molecular complexity index is 376. The van der Waals surface area contributed by atoms with Crippen LogP contribution in [-0.4, -0.2) is 6.17 Å². The summed E-state index contributed by atoms with van der Waals surface area (Å²) in [5, 5.41) is 0. The number of halogens is 2. The van der Waals surface area contributed by atoms with Crippen molar-refractivity contribution in [2.24, 2.45) is 11.7 Å². The molecule has 0 bridgehead atoms. The molecule has 16 heavy (non-hydrogen) atoms. The Morgan fingerprint density at radius 2 is 2.06 bits per heavy atom. The number of hydrogen-bond donors (Lipinski definition) is 1. The van der Waals surface area contributed by atoms with Gasteiger partial charge in [-0.1, -0.05) is 36.4 Å². The molecule has 1 aliphatic rings. The summed E-state index contributed by atoms with van der Waals surface area (Å²) in [7, 11) is 0. The van der Waals surface area contributed by atoms with E-state index in [1.807, 2.05) is 43.3 Å². The van der Waals surface area contributed by atoms with E-state index in [-0.39, 0.29) is 24.4 Å². The van der Waals surface area contributed by atoms with Gasteiger partial charge in [0, 0.05) is 12.0 Å². The molecule has 0 heterocycles. The third-order valence-electron chi connectivity index (χ3n) is 2.77. The minimum Gasteiger partial charge on any atom is -0.324 e. The molecule has 0 unspecified atom stereocenters. The van der Waals surface area contributed by atoms with Gasteiger partial charge in [-0.05, 0) is 24.5 Å². The van der Waals surface area contributed by atoms with E-state index < -0.39 is 6.17 Å². The predicted octanol–water partition coefficient (Wildman–Crippen LogP) is 3.50. The van der Waals surface area contributed by atoms with Crippen LogP contribution in [-0.2, 0) is 0 Å². The smallest absolute Gasteiger partial charge is 0.107 e. The molecular weight excluding hydrogens is 225 g/mol. The molecule has 0 spiro atoms. The summed E-state index contributed by atoms with van der Waals surface area (Å²) in [6, 6.07) is 8.01. The third kappa shape index (κ3) is 3.06.